The monoisotopic (exact) mass is 446 g/mol. The molecular formula is C21H20Cl2N4O3. The van der Waals surface area contributed by atoms with Gasteiger partial charge in [0.15, 0.2) is 0 Å². The maximum atomic E-state index is 13.5. The highest BCUT2D eigenvalue weighted by atomic mass is 35.5. The molecule has 9 heteroatoms. The summed E-state index contributed by atoms with van der Waals surface area (Å²) in [4.78, 5) is 49.3. The number of H-pyrrole nitrogens is 1. The van der Waals surface area contributed by atoms with Crippen LogP contribution in [-0.4, -0.2) is 25.3 Å². The number of nitrogens with zero attached hydrogens (tertiary/aromatic N) is 3. The maximum Gasteiger partial charge on any atom is 0.329 e. The number of halogens is 2. The first kappa shape index (κ1) is 21.9. The van der Waals surface area contributed by atoms with Crippen LogP contribution in [0.4, 0.5) is 0 Å². The number of rotatable bonds is 5. The first-order valence-corrected chi connectivity index (χ1v) is 10.0. The Morgan fingerprint density at radius 1 is 1.07 bits per heavy atom. The third kappa shape index (κ3) is 4.52. The fourth-order valence-corrected chi connectivity index (χ4v) is 3.89. The number of ketones is 1. The molecule has 0 saturated carbocycles. The van der Waals surface area contributed by atoms with Crippen LogP contribution in [0.2, 0.25) is 10.3 Å². The lowest BCUT2D eigenvalue weighted by molar-refractivity contribution is 0.102. The van der Waals surface area contributed by atoms with Crippen LogP contribution in [0, 0.1) is 13.8 Å². The van der Waals surface area contributed by atoms with Crippen LogP contribution in [0.1, 0.15) is 58.3 Å². The van der Waals surface area contributed by atoms with Gasteiger partial charge in [-0.2, -0.15) is 0 Å². The molecule has 3 aromatic rings. The Balaban J connectivity index is 2.29. The summed E-state index contributed by atoms with van der Waals surface area (Å²) >= 11 is 12.0. The van der Waals surface area contributed by atoms with Crippen molar-refractivity contribution in [3.05, 3.63) is 89.2 Å². The van der Waals surface area contributed by atoms with E-state index in [9.17, 15) is 14.4 Å². The summed E-state index contributed by atoms with van der Waals surface area (Å²) in [7, 11) is 0. The maximum absolute atomic E-state index is 13.5. The summed E-state index contributed by atoms with van der Waals surface area (Å²) in [5, 5.41) is 0.311. The molecule has 3 rings (SSSR count). The standard InChI is InChI=1S/C21H20Cl2N4O3/c1-10(2)17-18(19(28)14-6-11(3)5-12(4)24-14)27(21(30)26-20(17)29)9-13-7-15(22)25-16(23)8-13/h5-8,10H,9H2,1-4H3,(H,26,29,30). The predicted molar refractivity (Wildman–Crippen MR) is 116 cm³/mol. The molecule has 1 N–H and O–H groups in total. The molecule has 0 saturated heterocycles. The van der Waals surface area contributed by atoms with Crippen molar-refractivity contribution in [1.29, 1.82) is 0 Å². The van der Waals surface area contributed by atoms with Gasteiger partial charge in [0.2, 0.25) is 5.78 Å². The van der Waals surface area contributed by atoms with Crippen molar-refractivity contribution in [3.8, 4) is 0 Å². The normalized spacial score (nSPS) is 11.2. The summed E-state index contributed by atoms with van der Waals surface area (Å²) in [5.74, 6) is -0.810. The van der Waals surface area contributed by atoms with E-state index in [1.807, 2.05) is 13.0 Å². The van der Waals surface area contributed by atoms with Crippen molar-refractivity contribution in [3.63, 3.8) is 0 Å². The van der Waals surface area contributed by atoms with Gasteiger partial charge in [-0.05, 0) is 55.2 Å². The highest BCUT2D eigenvalue weighted by Crippen LogP contribution is 2.21. The molecule has 156 valence electrons. The molecular weight excluding hydrogens is 427 g/mol. The van der Waals surface area contributed by atoms with Gasteiger partial charge in [0.05, 0.1) is 6.54 Å². The lowest BCUT2D eigenvalue weighted by Crippen LogP contribution is -2.38. The van der Waals surface area contributed by atoms with Gasteiger partial charge in [0.1, 0.15) is 21.7 Å². The number of carbonyl (C=O) groups excluding carboxylic acids is 1. The highest BCUT2D eigenvalue weighted by Gasteiger charge is 2.25. The zero-order valence-electron chi connectivity index (χ0n) is 16.9. The smallest absolute Gasteiger partial charge is 0.285 e. The number of aryl methyl sites for hydroxylation is 2. The molecule has 0 unspecified atom stereocenters. The lowest BCUT2D eigenvalue weighted by Gasteiger charge is -2.17. The average molecular weight is 447 g/mol. The van der Waals surface area contributed by atoms with E-state index in [0.29, 0.717) is 11.3 Å². The van der Waals surface area contributed by atoms with Crippen LogP contribution < -0.4 is 11.2 Å². The Labute approximate surface area is 182 Å². The first-order chi connectivity index (χ1) is 14.1. The third-order valence-corrected chi connectivity index (χ3v) is 4.91. The Bertz CT molecular complexity index is 1220. The SMILES string of the molecule is Cc1cc(C)nc(C(=O)c2c(C(C)C)c(=O)[nH]c(=O)n2Cc2cc(Cl)nc(Cl)c2)c1. The zero-order valence-corrected chi connectivity index (χ0v) is 18.4. The van der Waals surface area contributed by atoms with Crippen molar-refractivity contribution in [2.45, 2.75) is 40.2 Å². The first-order valence-electron chi connectivity index (χ1n) is 9.25. The summed E-state index contributed by atoms with van der Waals surface area (Å²) in [6.45, 7) is 7.17. The second kappa shape index (κ2) is 8.53. The van der Waals surface area contributed by atoms with Gasteiger partial charge >= 0.3 is 5.69 Å². The fraction of sp³-hybridized carbons (Fsp3) is 0.286. The van der Waals surface area contributed by atoms with E-state index < -0.39 is 17.0 Å². The quantitative estimate of drug-likeness (QED) is 0.476. The summed E-state index contributed by atoms with van der Waals surface area (Å²) < 4.78 is 1.22. The van der Waals surface area contributed by atoms with Crippen molar-refractivity contribution < 1.29 is 4.79 Å². The molecule has 0 amide bonds. The summed E-state index contributed by atoms with van der Waals surface area (Å²) in [5.41, 5.74) is 1.16. The fourth-order valence-electron chi connectivity index (χ4n) is 3.38. The average Bonchev–Trinajstić information content (AvgIpc) is 2.61. The Morgan fingerprint density at radius 3 is 2.27 bits per heavy atom. The van der Waals surface area contributed by atoms with Crippen molar-refractivity contribution in [2.75, 3.05) is 0 Å². The van der Waals surface area contributed by atoms with Crippen LogP contribution in [0.5, 0.6) is 0 Å². The number of aromatic amines is 1. The van der Waals surface area contributed by atoms with Crippen molar-refractivity contribution in [1.82, 2.24) is 19.5 Å². The Hall–Kier alpha value is -2.77. The molecule has 30 heavy (non-hydrogen) atoms. The molecule has 3 aromatic heterocycles. The molecule has 0 aliphatic rings. The van der Waals surface area contributed by atoms with E-state index in [1.54, 1.807) is 39.0 Å². The van der Waals surface area contributed by atoms with Gasteiger partial charge in [-0.3, -0.25) is 19.1 Å². The minimum absolute atomic E-state index is 0.000284. The van der Waals surface area contributed by atoms with E-state index in [4.69, 9.17) is 23.2 Å². The van der Waals surface area contributed by atoms with Gasteiger partial charge < -0.3 is 0 Å². The van der Waals surface area contributed by atoms with Crippen molar-refractivity contribution >= 4 is 29.0 Å². The zero-order chi connectivity index (χ0) is 22.2. The molecule has 0 aromatic carbocycles. The van der Waals surface area contributed by atoms with E-state index >= 15 is 0 Å². The minimum atomic E-state index is -0.707. The van der Waals surface area contributed by atoms with Crippen LogP contribution in [0.15, 0.2) is 33.9 Å². The number of hydrogen-bond donors (Lipinski definition) is 1. The van der Waals surface area contributed by atoms with E-state index in [0.717, 1.165) is 5.56 Å². The molecule has 0 aliphatic carbocycles. The van der Waals surface area contributed by atoms with Gasteiger partial charge in [0, 0.05) is 11.3 Å². The second-order valence-corrected chi connectivity index (χ2v) is 8.16. The number of pyridine rings is 2. The summed E-state index contributed by atoms with van der Waals surface area (Å²) in [6, 6.07) is 6.56. The van der Waals surface area contributed by atoms with E-state index in [1.165, 1.54) is 4.57 Å². The molecule has 0 fully saturated rings. The second-order valence-electron chi connectivity index (χ2n) is 7.38. The van der Waals surface area contributed by atoms with Gasteiger partial charge in [-0.25, -0.2) is 14.8 Å². The van der Waals surface area contributed by atoms with Gasteiger partial charge in [-0.1, -0.05) is 37.0 Å². The van der Waals surface area contributed by atoms with E-state index in [-0.39, 0.29) is 39.7 Å². The van der Waals surface area contributed by atoms with Gasteiger partial charge in [0.25, 0.3) is 5.56 Å². The number of nitrogens with one attached hydrogen (secondary N) is 1. The third-order valence-electron chi connectivity index (χ3n) is 4.52. The largest absolute Gasteiger partial charge is 0.329 e. The topological polar surface area (TPSA) is 97.7 Å². The molecule has 0 aliphatic heterocycles. The highest BCUT2D eigenvalue weighted by molar-refractivity contribution is 6.32. The predicted octanol–water partition coefficient (Wildman–Crippen LogP) is 3.65. The lowest BCUT2D eigenvalue weighted by atomic mass is 9.98. The molecule has 3 heterocycles. The van der Waals surface area contributed by atoms with Crippen LogP contribution >= 0.6 is 23.2 Å². The minimum Gasteiger partial charge on any atom is -0.285 e. The Kier molecular flexibility index (Phi) is 6.24. The number of carbonyl (C=O) groups is 1. The van der Waals surface area contributed by atoms with Gasteiger partial charge in [-0.15, -0.1) is 0 Å². The van der Waals surface area contributed by atoms with Crippen molar-refractivity contribution in [2.24, 2.45) is 0 Å². The molecule has 0 spiro atoms. The van der Waals surface area contributed by atoms with E-state index in [2.05, 4.69) is 15.0 Å². The van der Waals surface area contributed by atoms with Crippen LogP contribution in [-0.2, 0) is 6.54 Å². The number of hydrogen-bond acceptors (Lipinski definition) is 5. The summed E-state index contributed by atoms with van der Waals surface area (Å²) in [6.07, 6.45) is 0. The molecule has 0 radical (unpaired) electrons. The molecule has 7 nitrogen and oxygen atoms in total. The van der Waals surface area contributed by atoms with Crippen LogP contribution in [0.3, 0.4) is 0 Å². The molecule has 0 bridgehead atoms. The molecule has 0 atom stereocenters. The number of aromatic nitrogens is 4. The Morgan fingerprint density at radius 2 is 1.70 bits per heavy atom. The van der Waals surface area contributed by atoms with Crippen LogP contribution in [0.25, 0.3) is 0 Å².